The largest absolute Gasteiger partial charge is 0.393 e. The molecule has 0 spiro atoms. The third-order valence-electron chi connectivity index (χ3n) is 2.47. The molecule has 2 atom stereocenters. The summed E-state index contributed by atoms with van der Waals surface area (Å²) in [5.41, 5.74) is 1.19. The van der Waals surface area contributed by atoms with Crippen LogP contribution in [0.3, 0.4) is 0 Å². The van der Waals surface area contributed by atoms with E-state index in [-0.39, 0.29) is 6.10 Å². The molecule has 1 rings (SSSR count). The summed E-state index contributed by atoms with van der Waals surface area (Å²) in [7, 11) is 0. The van der Waals surface area contributed by atoms with Crippen molar-refractivity contribution in [3.05, 3.63) is 18.2 Å². The summed E-state index contributed by atoms with van der Waals surface area (Å²) in [5, 5.41) is 12.6. The molecule has 0 saturated carbocycles. The first-order valence-electron chi connectivity index (χ1n) is 5.54. The topological polar surface area (TPSA) is 50.1 Å². The summed E-state index contributed by atoms with van der Waals surface area (Å²) in [6, 6.07) is 0.324. The minimum atomic E-state index is -0.247. The van der Waals surface area contributed by atoms with Gasteiger partial charge in [0.15, 0.2) is 0 Å². The molecule has 1 aromatic heterocycles. The lowest BCUT2D eigenvalue weighted by molar-refractivity contribution is 0.170. The number of nitrogens with zero attached hydrogens (tertiary/aromatic N) is 2. The van der Waals surface area contributed by atoms with Gasteiger partial charge in [-0.05, 0) is 27.2 Å². The molecule has 86 valence electrons. The maximum Gasteiger partial charge on any atom is 0.0948 e. The highest BCUT2D eigenvalue weighted by molar-refractivity contribution is 4.97. The Morgan fingerprint density at radius 2 is 2.27 bits per heavy atom. The Balaban J connectivity index is 2.36. The number of aryl methyl sites for hydroxylation is 1. The summed E-state index contributed by atoms with van der Waals surface area (Å²) >= 11 is 0. The molecule has 4 heteroatoms. The van der Waals surface area contributed by atoms with Crippen molar-refractivity contribution in [3.63, 3.8) is 0 Å². The fraction of sp³-hybridized carbons (Fsp3) is 0.727. The Morgan fingerprint density at radius 1 is 1.53 bits per heavy atom. The van der Waals surface area contributed by atoms with Crippen LogP contribution in [-0.4, -0.2) is 26.8 Å². The molecule has 0 aliphatic heterocycles. The normalized spacial score (nSPS) is 15.2. The lowest BCUT2D eigenvalue weighted by atomic mass is 10.1. The van der Waals surface area contributed by atoms with E-state index < -0.39 is 0 Å². The van der Waals surface area contributed by atoms with Crippen molar-refractivity contribution in [3.8, 4) is 0 Å². The number of aliphatic hydroxyl groups is 1. The van der Waals surface area contributed by atoms with Gasteiger partial charge in [0.25, 0.3) is 0 Å². The van der Waals surface area contributed by atoms with Gasteiger partial charge in [-0.25, -0.2) is 4.98 Å². The minimum absolute atomic E-state index is 0.247. The molecule has 0 aromatic carbocycles. The van der Waals surface area contributed by atoms with E-state index in [0.717, 1.165) is 19.5 Å². The standard InChI is InChI=1S/C11H21N3O/c1-4-14-8-12-6-11(14)7-13-9(2)5-10(3)15/h6,8-10,13,15H,4-5,7H2,1-3H3. The molecule has 15 heavy (non-hydrogen) atoms. The van der Waals surface area contributed by atoms with Gasteiger partial charge in [-0.3, -0.25) is 0 Å². The second-order valence-corrected chi connectivity index (χ2v) is 4.04. The smallest absolute Gasteiger partial charge is 0.0948 e. The molecule has 0 aliphatic rings. The minimum Gasteiger partial charge on any atom is -0.393 e. The van der Waals surface area contributed by atoms with Crippen molar-refractivity contribution < 1.29 is 5.11 Å². The summed E-state index contributed by atoms with van der Waals surface area (Å²) in [6.07, 6.45) is 4.26. The first-order valence-corrected chi connectivity index (χ1v) is 5.54. The van der Waals surface area contributed by atoms with Crippen LogP contribution in [-0.2, 0) is 13.1 Å². The molecule has 0 fully saturated rings. The van der Waals surface area contributed by atoms with Crippen LogP contribution in [0.4, 0.5) is 0 Å². The number of rotatable bonds is 6. The molecule has 0 saturated heterocycles. The number of imidazole rings is 1. The Morgan fingerprint density at radius 3 is 2.87 bits per heavy atom. The van der Waals surface area contributed by atoms with Gasteiger partial charge >= 0.3 is 0 Å². The van der Waals surface area contributed by atoms with Gasteiger partial charge in [0.05, 0.1) is 18.1 Å². The van der Waals surface area contributed by atoms with Crippen LogP contribution < -0.4 is 5.32 Å². The van der Waals surface area contributed by atoms with Gasteiger partial charge in [0.2, 0.25) is 0 Å². The van der Waals surface area contributed by atoms with E-state index in [1.54, 1.807) is 0 Å². The van der Waals surface area contributed by atoms with Crippen molar-refractivity contribution in [2.45, 2.75) is 52.4 Å². The SMILES string of the molecule is CCn1cncc1CNC(C)CC(C)O. The molecule has 2 N–H and O–H groups in total. The summed E-state index contributed by atoms with van der Waals surface area (Å²) in [6.45, 7) is 7.75. The van der Waals surface area contributed by atoms with E-state index in [0.29, 0.717) is 6.04 Å². The molecular formula is C11H21N3O. The molecule has 4 nitrogen and oxygen atoms in total. The number of hydrogen-bond donors (Lipinski definition) is 2. The van der Waals surface area contributed by atoms with Crippen molar-refractivity contribution >= 4 is 0 Å². The van der Waals surface area contributed by atoms with Crippen LogP contribution in [0.5, 0.6) is 0 Å². The third-order valence-corrected chi connectivity index (χ3v) is 2.47. The zero-order valence-corrected chi connectivity index (χ0v) is 9.77. The highest BCUT2D eigenvalue weighted by Gasteiger charge is 2.06. The first-order chi connectivity index (χ1) is 7.13. The zero-order chi connectivity index (χ0) is 11.3. The van der Waals surface area contributed by atoms with Gasteiger partial charge in [-0.15, -0.1) is 0 Å². The van der Waals surface area contributed by atoms with Crippen LogP contribution in [0, 0.1) is 0 Å². The molecule has 2 unspecified atom stereocenters. The van der Waals surface area contributed by atoms with E-state index in [2.05, 4.69) is 28.7 Å². The maximum atomic E-state index is 9.22. The van der Waals surface area contributed by atoms with Crippen molar-refractivity contribution in [1.82, 2.24) is 14.9 Å². The van der Waals surface area contributed by atoms with Crippen LogP contribution in [0.2, 0.25) is 0 Å². The maximum absolute atomic E-state index is 9.22. The number of aromatic nitrogens is 2. The van der Waals surface area contributed by atoms with E-state index in [4.69, 9.17) is 0 Å². The third kappa shape index (κ3) is 4.01. The second-order valence-electron chi connectivity index (χ2n) is 4.04. The Bertz CT molecular complexity index is 283. The number of hydrogen-bond acceptors (Lipinski definition) is 3. The first kappa shape index (κ1) is 12.2. The lowest BCUT2D eigenvalue weighted by Gasteiger charge is -2.15. The molecule has 0 aliphatic carbocycles. The molecule has 1 heterocycles. The Hall–Kier alpha value is -0.870. The van der Waals surface area contributed by atoms with Gasteiger partial charge in [-0.2, -0.15) is 0 Å². The predicted octanol–water partition coefficient (Wildman–Crippen LogP) is 1.15. The van der Waals surface area contributed by atoms with Crippen LogP contribution in [0.25, 0.3) is 0 Å². The van der Waals surface area contributed by atoms with Gasteiger partial charge in [0, 0.05) is 25.3 Å². The summed E-state index contributed by atoms with van der Waals surface area (Å²) in [4.78, 5) is 4.11. The second kappa shape index (κ2) is 5.88. The van der Waals surface area contributed by atoms with Crippen molar-refractivity contribution in [2.75, 3.05) is 0 Å². The highest BCUT2D eigenvalue weighted by atomic mass is 16.3. The fourth-order valence-electron chi connectivity index (χ4n) is 1.65. The average Bonchev–Trinajstić information content (AvgIpc) is 2.60. The summed E-state index contributed by atoms with van der Waals surface area (Å²) < 4.78 is 2.11. The monoisotopic (exact) mass is 211 g/mol. The van der Waals surface area contributed by atoms with E-state index in [1.165, 1.54) is 5.69 Å². The summed E-state index contributed by atoms with van der Waals surface area (Å²) in [5.74, 6) is 0. The van der Waals surface area contributed by atoms with Gasteiger partial charge in [-0.1, -0.05) is 0 Å². The molecule has 1 aromatic rings. The highest BCUT2D eigenvalue weighted by Crippen LogP contribution is 2.01. The predicted molar refractivity (Wildman–Crippen MR) is 60.5 cm³/mol. The quantitative estimate of drug-likeness (QED) is 0.742. The van der Waals surface area contributed by atoms with Gasteiger partial charge < -0.3 is 15.0 Å². The lowest BCUT2D eigenvalue weighted by Crippen LogP contribution is -2.29. The molecular weight excluding hydrogens is 190 g/mol. The van der Waals surface area contributed by atoms with E-state index in [9.17, 15) is 5.11 Å². The van der Waals surface area contributed by atoms with Crippen LogP contribution in [0.1, 0.15) is 32.9 Å². The number of nitrogens with one attached hydrogen (secondary N) is 1. The molecule has 0 radical (unpaired) electrons. The van der Waals surface area contributed by atoms with Crippen LogP contribution in [0.15, 0.2) is 12.5 Å². The van der Waals surface area contributed by atoms with Crippen molar-refractivity contribution in [1.29, 1.82) is 0 Å². The van der Waals surface area contributed by atoms with E-state index in [1.807, 2.05) is 19.4 Å². The van der Waals surface area contributed by atoms with Crippen molar-refractivity contribution in [2.24, 2.45) is 0 Å². The molecule has 0 bridgehead atoms. The fourth-order valence-corrected chi connectivity index (χ4v) is 1.65. The van der Waals surface area contributed by atoms with E-state index >= 15 is 0 Å². The van der Waals surface area contributed by atoms with Crippen LogP contribution >= 0.6 is 0 Å². The Kier molecular flexibility index (Phi) is 4.78. The van der Waals surface area contributed by atoms with Gasteiger partial charge in [0.1, 0.15) is 0 Å². The number of aliphatic hydroxyl groups excluding tert-OH is 1. The average molecular weight is 211 g/mol. The Labute approximate surface area is 91.3 Å². The zero-order valence-electron chi connectivity index (χ0n) is 9.77. The molecule has 0 amide bonds.